The average molecular weight is 310 g/mol. The normalized spacial score (nSPS) is 12.1. The van der Waals surface area contributed by atoms with Gasteiger partial charge < -0.3 is 5.11 Å². The number of carboxylic acids is 1. The molecule has 0 radical (unpaired) electrons. The molecule has 2 nitrogen and oxygen atoms in total. The van der Waals surface area contributed by atoms with Gasteiger partial charge in [-0.3, -0.25) is 0 Å². The highest BCUT2D eigenvalue weighted by Crippen LogP contribution is 2.29. The Labute approximate surface area is 139 Å². The van der Waals surface area contributed by atoms with E-state index in [9.17, 15) is 9.90 Å². The molecule has 0 fully saturated rings. The van der Waals surface area contributed by atoms with Crippen molar-refractivity contribution >= 4 is 5.97 Å². The molecule has 0 aliphatic carbocycles. The van der Waals surface area contributed by atoms with E-state index >= 15 is 0 Å². The van der Waals surface area contributed by atoms with Crippen molar-refractivity contribution in [2.75, 3.05) is 0 Å². The minimum absolute atomic E-state index is 0.376. The minimum Gasteiger partial charge on any atom is -0.478 e. The molecule has 0 saturated carbocycles. The summed E-state index contributed by atoms with van der Waals surface area (Å²) in [5.41, 5.74) is 3.49. The number of benzene rings is 2. The number of rotatable bonds is 8. The summed E-state index contributed by atoms with van der Waals surface area (Å²) in [6.07, 6.45) is 5.87. The molecule has 122 valence electrons. The molecule has 1 atom stereocenters. The van der Waals surface area contributed by atoms with Gasteiger partial charge in [-0.25, -0.2) is 4.79 Å². The van der Waals surface area contributed by atoms with Crippen molar-refractivity contribution in [2.24, 2.45) is 5.92 Å². The molecule has 0 aliphatic rings. The van der Waals surface area contributed by atoms with Crippen LogP contribution in [0.4, 0.5) is 0 Å². The van der Waals surface area contributed by atoms with Crippen molar-refractivity contribution in [1.29, 1.82) is 0 Å². The van der Waals surface area contributed by atoms with Crippen LogP contribution in [0.2, 0.25) is 0 Å². The predicted molar refractivity (Wildman–Crippen MR) is 95.8 cm³/mol. The zero-order valence-corrected chi connectivity index (χ0v) is 14.1. The standard InChI is InChI=1S/C21H26O2/c1-3-9-16(4-2)14-15-17-10-5-6-11-18(17)19-12-7-8-13-20(19)21(22)23/h5-8,10-13,16H,3-4,9,14-15H2,1-2H3,(H,22,23). The Morgan fingerprint density at radius 1 is 0.957 bits per heavy atom. The second kappa shape index (κ2) is 8.52. The monoisotopic (exact) mass is 310 g/mol. The number of aryl methyl sites for hydroxylation is 1. The highest BCUT2D eigenvalue weighted by Gasteiger charge is 2.14. The summed E-state index contributed by atoms with van der Waals surface area (Å²) < 4.78 is 0. The third kappa shape index (κ3) is 4.44. The van der Waals surface area contributed by atoms with E-state index in [2.05, 4.69) is 19.9 Å². The van der Waals surface area contributed by atoms with Gasteiger partial charge in [-0.05, 0) is 41.5 Å². The molecule has 0 aromatic heterocycles. The van der Waals surface area contributed by atoms with Crippen LogP contribution in [0, 0.1) is 5.92 Å². The smallest absolute Gasteiger partial charge is 0.336 e. The van der Waals surface area contributed by atoms with Gasteiger partial charge in [0.2, 0.25) is 0 Å². The molecular formula is C21H26O2. The van der Waals surface area contributed by atoms with Crippen LogP contribution in [-0.2, 0) is 6.42 Å². The third-order valence-electron chi connectivity index (χ3n) is 4.56. The fraction of sp³-hybridized carbons (Fsp3) is 0.381. The van der Waals surface area contributed by atoms with E-state index < -0.39 is 5.97 Å². The Hall–Kier alpha value is -2.09. The quantitative estimate of drug-likeness (QED) is 0.668. The minimum atomic E-state index is -0.868. The van der Waals surface area contributed by atoms with E-state index in [0.717, 1.165) is 29.9 Å². The lowest BCUT2D eigenvalue weighted by Crippen LogP contribution is -2.03. The second-order valence-corrected chi connectivity index (χ2v) is 6.11. The second-order valence-electron chi connectivity index (χ2n) is 6.11. The fourth-order valence-corrected chi connectivity index (χ4v) is 3.23. The van der Waals surface area contributed by atoms with E-state index in [0.29, 0.717) is 5.56 Å². The molecule has 23 heavy (non-hydrogen) atoms. The summed E-state index contributed by atoms with van der Waals surface area (Å²) >= 11 is 0. The Bertz CT molecular complexity index is 646. The zero-order valence-electron chi connectivity index (χ0n) is 14.1. The van der Waals surface area contributed by atoms with Gasteiger partial charge in [0.25, 0.3) is 0 Å². The fourth-order valence-electron chi connectivity index (χ4n) is 3.23. The summed E-state index contributed by atoms with van der Waals surface area (Å²) in [5.74, 6) is -0.115. The Balaban J connectivity index is 2.30. The highest BCUT2D eigenvalue weighted by atomic mass is 16.4. The first-order valence-electron chi connectivity index (χ1n) is 8.57. The summed E-state index contributed by atoms with van der Waals surface area (Å²) in [6, 6.07) is 15.5. The first kappa shape index (κ1) is 17.3. The van der Waals surface area contributed by atoms with Gasteiger partial charge in [-0.2, -0.15) is 0 Å². The van der Waals surface area contributed by atoms with Crippen molar-refractivity contribution < 1.29 is 9.90 Å². The van der Waals surface area contributed by atoms with Crippen LogP contribution in [0.25, 0.3) is 11.1 Å². The molecule has 0 amide bonds. The van der Waals surface area contributed by atoms with E-state index in [-0.39, 0.29) is 0 Å². The molecule has 2 aromatic rings. The van der Waals surface area contributed by atoms with Gasteiger partial charge in [-0.1, -0.05) is 75.6 Å². The predicted octanol–water partition coefficient (Wildman–Crippen LogP) is 5.81. The largest absolute Gasteiger partial charge is 0.478 e. The lowest BCUT2D eigenvalue weighted by Gasteiger charge is -2.16. The Morgan fingerprint density at radius 2 is 1.61 bits per heavy atom. The highest BCUT2D eigenvalue weighted by molar-refractivity contribution is 5.96. The molecule has 2 rings (SSSR count). The van der Waals surface area contributed by atoms with Crippen molar-refractivity contribution in [3.05, 3.63) is 59.7 Å². The van der Waals surface area contributed by atoms with Crippen LogP contribution in [-0.4, -0.2) is 11.1 Å². The molecule has 1 N–H and O–H groups in total. The molecule has 2 heteroatoms. The molecule has 0 aliphatic heterocycles. The van der Waals surface area contributed by atoms with E-state index in [1.54, 1.807) is 12.1 Å². The molecule has 1 unspecified atom stereocenters. The molecule has 0 heterocycles. The van der Waals surface area contributed by atoms with Gasteiger partial charge >= 0.3 is 5.97 Å². The molecule has 2 aromatic carbocycles. The van der Waals surface area contributed by atoms with Crippen LogP contribution in [0.1, 0.15) is 55.5 Å². The average Bonchev–Trinajstić information content (AvgIpc) is 2.58. The maximum absolute atomic E-state index is 11.5. The zero-order chi connectivity index (χ0) is 16.7. The molecule has 0 bridgehead atoms. The van der Waals surface area contributed by atoms with Crippen molar-refractivity contribution in [2.45, 2.75) is 46.0 Å². The summed E-state index contributed by atoms with van der Waals surface area (Å²) in [4.78, 5) is 11.5. The van der Waals surface area contributed by atoms with E-state index in [1.807, 2.05) is 30.3 Å². The van der Waals surface area contributed by atoms with Crippen LogP contribution in [0.3, 0.4) is 0 Å². The maximum Gasteiger partial charge on any atom is 0.336 e. The van der Waals surface area contributed by atoms with Crippen LogP contribution >= 0.6 is 0 Å². The molecular weight excluding hydrogens is 284 g/mol. The van der Waals surface area contributed by atoms with Crippen LogP contribution < -0.4 is 0 Å². The van der Waals surface area contributed by atoms with Gasteiger partial charge in [-0.15, -0.1) is 0 Å². The summed E-state index contributed by atoms with van der Waals surface area (Å²) in [5, 5.41) is 9.44. The van der Waals surface area contributed by atoms with Crippen LogP contribution in [0.15, 0.2) is 48.5 Å². The number of carbonyl (C=O) groups is 1. The topological polar surface area (TPSA) is 37.3 Å². The lowest BCUT2D eigenvalue weighted by molar-refractivity contribution is 0.0697. The van der Waals surface area contributed by atoms with Crippen molar-refractivity contribution in [3.63, 3.8) is 0 Å². The summed E-state index contributed by atoms with van der Waals surface area (Å²) in [6.45, 7) is 4.49. The van der Waals surface area contributed by atoms with Crippen molar-refractivity contribution in [1.82, 2.24) is 0 Å². The third-order valence-corrected chi connectivity index (χ3v) is 4.56. The Kier molecular flexibility index (Phi) is 6.40. The van der Waals surface area contributed by atoms with Gasteiger partial charge in [0.05, 0.1) is 5.56 Å². The Morgan fingerprint density at radius 3 is 2.26 bits per heavy atom. The van der Waals surface area contributed by atoms with E-state index in [1.165, 1.54) is 24.8 Å². The van der Waals surface area contributed by atoms with Crippen molar-refractivity contribution in [3.8, 4) is 11.1 Å². The summed E-state index contributed by atoms with van der Waals surface area (Å²) in [7, 11) is 0. The number of hydrogen-bond donors (Lipinski definition) is 1. The lowest BCUT2D eigenvalue weighted by atomic mass is 9.89. The van der Waals surface area contributed by atoms with Gasteiger partial charge in [0.1, 0.15) is 0 Å². The number of hydrogen-bond acceptors (Lipinski definition) is 1. The number of aromatic carboxylic acids is 1. The molecule has 0 saturated heterocycles. The van der Waals surface area contributed by atoms with Gasteiger partial charge in [0.15, 0.2) is 0 Å². The number of carboxylic acid groups (broad SMARTS) is 1. The first-order chi connectivity index (χ1) is 11.2. The van der Waals surface area contributed by atoms with Gasteiger partial charge in [0, 0.05) is 0 Å². The first-order valence-corrected chi connectivity index (χ1v) is 8.57. The SMILES string of the molecule is CCCC(CC)CCc1ccccc1-c1ccccc1C(=O)O. The van der Waals surface area contributed by atoms with E-state index in [4.69, 9.17) is 0 Å². The van der Waals surface area contributed by atoms with Crippen LogP contribution in [0.5, 0.6) is 0 Å². The maximum atomic E-state index is 11.5. The molecule has 0 spiro atoms.